The van der Waals surface area contributed by atoms with Crippen LogP contribution >= 0.6 is 19.2 Å². The van der Waals surface area contributed by atoms with E-state index >= 15 is 0 Å². The Morgan fingerprint density at radius 2 is 1.62 bits per heavy atom. The van der Waals surface area contributed by atoms with Crippen LogP contribution in [-0.4, -0.2) is 36.8 Å². The van der Waals surface area contributed by atoms with Crippen molar-refractivity contribution in [1.82, 2.24) is 0 Å². The number of esters is 1. The van der Waals surface area contributed by atoms with Crippen LogP contribution in [0.5, 0.6) is 0 Å². The number of hydrogen-bond acceptors (Lipinski definition) is 5. The van der Waals surface area contributed by atoms with Crippen LogP contribution in [0.2, 0.25) is 0 Å². The molecular formula is C14H26ClO5P. The molecule has 124 valence electrons. The van der Waals surface area contributed by atoms with Gasteiger partial charge in [-0.15, -0.1) is 11.6 Å². The number of alkyl halides is 1. The van der Waals surface area contributed by atoms with Gasteiger partial charge in [0.25, 0.3) is 0 Å². The summed E-state index contributed by atoms with van der Waals surface area (Å²) in [6.45, 7) is 4.15. The molecule has 0 N–H and O–H groups in total. The third-order valence-corrected chi connectivity index (χ3v) is 6.07. The van der Waals surface area contributed by atoms with E-state index in [0.29, 0.717) is 26.1 Å². The Morgan fingerprint density at radius 1 is 1.10 bits per heavy atom. The minimum Gasteiger partial charge on any atom is -0.457 e. The molecular weight excluding hydrogens is 315 g/mol. The quantitative estimate of drug-likeness (QED) is 0.288. The molecule has 7 heteroatoms. The first kappa shape index (κ1) is 19.0. The average Bonchev–Trinajstić information content (AvgIpc) is 2.64. The van der Waals surface area contributed by atoms with Gasteiger partial charge in [-0.1, -0.05) is 12.8 Å². The number of carbonyl (C=O) groups is 1. The average molecular weight is 341 g/mol. The Morgan fingerprint density at radius 3 is 2.05 bits per heavy atom. The maximum atomic E-state index is 12.8. The Bertz CT molecular complexity index is 356. The second kappa shape index (κ2) is 9.14. The molecule has 0 bridgehead atoms. The van der Waals surface area contributed by atoms with Gasteiger partial charge in [0.15, 0.2) is 0 Å². The molecule has 0 aliphatic heterocycles. The molecule has 0 spiro atoms. The van der Waals surface area contributed by atoms with E-state index in [-0.39, 0.29) is 12.0 Å². The fourth-order valence-corrected chi connectivity index (χ4v) is 4.99. The van der Waals surface area contributed by atoms with E-state index in [1.54, 1.807) is 13.8 Å². The zero-order chi connectivity index (χ0) is 15.8. The van der Waals surface area contributed by atoms with Crippen LogP contribution in [0.15, 0.2) is 0 Å². The molecule has 1 aliphatic carbocycles. The molecule has 1 saturated carbocycles. The number of rotatable bonds is 8. The number of halogens is 1. The molecule has 0 heterocycles. The van der Waals surface area contributed by atoms with E-state index < -0.39 is 19.2 Å². The first-order valence-corrected chi connectivity index (χ1v) is 9.91. The lowest BCUT2D eigenvalue weighted by molar-refractivity contribution is -0.155. The normalized spacial score (nSPS) is 19.0. The molecule has 21 heavy (non-hydrogen) atoms. The molecule has 0 amide bonds. The highest BCUT2D eigenvalue weighted by Gasteiger charge is 2.43. The summed E-state index contributed by atoms with van der Waals surface area (Å²) in [6.07, 6.45) is 5.53. The van der Waals surface area contributed by atoms with Crippen molar-refractivity contribution < 1.29 is 23.1 Å². The van der Waals surface area contributed by atoms with Crippen molar-refractivity contribution in [3.63, 3.8) is 0 Å². The van der Waals surface area contributed by atoms with Crippen molar-refractivity contribution in [3.05, 3.63) is 0 Å². The van der Waals surface area contributed by atoms with Gasteiger partial charge in [0.05, 0.1) is 19.4 Å². The largest absolute Gasteiger partial charge is 0.457 e. The Labute approximate surface area is 132 Å². The molecule has 1 fully saturated rings. The van der Waals surface area contributed by atoms with Crippen LogP contribution in [0.3, 0.4) is 0 Å². The minimum absolute atomic E-state index is 0.115. The Kier molecular flexibility index (Phi) is 8.25. The summed E-state index contributed by atoms with van der Waals surface area (Å²) in [5.41, 5.74) is -0.775. The van der Waals surface area contributed by atoms with Gasteiger partial charge in [0.1, 0.15) is 11.5 Å². The summed E-state index contributed by atoms with van der Waals surface area (Å²) in [5.74, 6) is -0.673. The standard InChI is InChI=1S/C14H26ClO5P/c1-3-18-21(17,19-4-2)12-14(20-13(16)11-15)9-7-5-6-8-10-14/h3-12H2,1-2H3. The molecule has 0 atom stereocenters. The lowest BCUT2D eigenvalue weighted by Gasteiger charge is -2.34. The molecule has 1 rings (SSSR count). The lowest BCUT2D eigenvalue weighted by atomic mass is 9.96. The molecule has 5 nitrogen and oxygen atoms in total. The fourth-order valence-electron chi connectivity index (χ4n) is 2.81. The predicted molar refractivity (Wildman–Crippen MR) is 83.0 cm³/mol. The van der Waals surface area contributed by atoms with Gasteiger partial charge < -0.3 is 13.8 Å². The van der Waals surface area contributed by atoms with Crippen LogP contribution < -0.4 is 0 Å². The fraction of sp³-hybridized carbons (Fsp3) is 0.929. The highest BCUT2D eigenvalue weighted by atomic mass is 35.5. The smallest absolute Gasteiger partial charge is 0.334 e. The first-order valence-electron chi connectivity index (χ1n) is 7.65. The van der Waals surface area contributed by atoms with Gasteiger partial charge in [-0.2, -0.15) is 0 Å². The third-order valence-electron chi connectivity index (χ3n) is 3.59. The zero-order valence-electron chi connectivity index (χ0n) is 12.9. The first-order chi connectivity index (χ1) is 9.99. The van der Waals surface area contributed by atoms with Crippen LogP contribution in [0.4, 0.5) is 0 Å². The topological polar surface area (TPSA) is 61.8 Å². The molecule has 0 unspecified atom stereocenters. The Balaban J connectivity index is 2.93. The summed E-state index contributed by atoms with van der Waals surface area (Å²) in [6, 6.07) is 0. The second-order valence-corrected chi connectivity index (χ2v) is 7.63. The van der Waals surface area contributed by atoms with Crippen molar-refractivity contribution in [3.8, 4) is 0 Å². The van der Waals surface area contributed by atoms with E-state index in [0.717, 1.165) is 25.7 Å². The summed E-state index contributed by atoms with van der Waals surface area (Å²) >= 11 is 5.56. The van der Waals surface area contributed by atoms with E-state index in [4.69, 9.17) is 25.4 Å². The van der Waals surface area contributed by atoms with Crippen LogP contribution in [0.25, 0.3) is 0 Å². The van der Waals surface area contributed by atoms with Gasteiger partial charge in [0, 0.05) is 0 Å². The molecule has 0 aromatic heterocycles. The summed E-state index contributed by atoms with van der Waals surface area (Å²) < 4.78 is 29.1. The summed E-state index contributed by atoms with van der Waals surface area (Å²) in [4.78, 5) is 11.7. The molecule has 0 saturated heterocycles. The molecule has 0 aromatic rings. The van der Waals surface area contributed by atoms with Crippen molar-refractivity contribution in [1.29, 1.82) is 0 Å². The van der Waals surface area contributed by atoms with Crippen molar-refractivity contribution in [2.24, 2.45) is 0 Å². The van der Waals surface area contributed by atoms with Crippen molar-refractivity contribution in [2.75, 3.05) is 25.3 Å². The summed E-state index contributed by atoms with van der Waals surface area (Å²) in [5, 5.41) is 0. The molecule has 1 aliphatic rings. The van der Waals surface area contributed by atoms with Gasteiger partial charge in [-0.05, 0) is 39.5 Å². The maximum Gasteiger partial charge on any atom is 0.334 e. The highest BCUT2D eigenvalue weighted by Crippen LogP contribution is 2.53. The molecule has 0 aromatic carbocycles. The minimum atomic E-state index is -3.26. The lowest BCUT2D eigenvalue weighted by Crippen LogP contribution is -2.39. The van der Waals surface area contributed by atoms with Gasteiger partial charge in [0.2, 0.25) is 0 Å². The van der Waals surface area contributed by atoms with E-state index in [1.165, 1.54) is 0 Å². The SMILES string of the molecule is CCOP(=O)(CC1(OC(=O)CCl)CCCCCC1)OCC. The molecule has 0 radical (unpaired) electrons. The predicted octanol–water partition coefficient (Wildman–Crippen LogP) is 4.13. The van der Waals surface area contributed by atoms with E-state index in [9.17, 15) is 9.36 Å². The second-order valence-electron chi connectivity index (χ2n) is 5.31. The number of hydrogen-bond donors (Lipinski definition) is 0. The van der Waals surface area contributed by atoms with Gasteiger partial charge >= 0.3 is 13.6 Å². The monoisotopic (exact) mass is 340 g/mol. The zero-order valence-corrected chi connectivity index (χ0v) is 14.6. The number of carbonyl (C=O) groups excluding carboxylic acids is 1. The van der Waals surface area contributed by atoms with E-state index in [1.807, 2.05) is 0 Å². The highest BCUT2D eigenvalue weighted by molar-refractivity contribution is 7.53. The van der Waals surface area contributed by atoms with Crippen LogP contribution in [-0.2, 0) is 23.1 Å². The van der Waals surface area contributed by atoms with E-state index in [2.05, 4.69) is 0 Å². The van der Waals surface area contributed by atoms with Gasteiger partial charge in [-0.25, -0.2) is 0 Å². The number of ether oxygens (including phenoxy) is 1. The van der Waals surface area contributed by atoms with Crippen molar-refractivity contribution >= 4 is 25.2 Å². The third kappa shape index (κ3) is 6.27. The van der Waals surface area contributed by atoms with Gasteiger partial charge in [-0.3, -0.25) is 9.36 Å². The van der Waals surface area contributed by atoms with Crippen LogP contribution in [0.1, 0.15) is 52.4 Å². The Hall–Kier alpha value is -0.0900. The van der Waals surface area contributed by atoms with Crippen LogP contribution in [0, 0.1) is 0 Å². The maximum absolute atomic E-state index is 12.8. The summed E-state index contributed by atoms with van der Waals surface area (Å²) in [7, 11) is -3.26. The van der Waals surface area contributed by atoms with Crippen molar-refractivity contribution in [2.45, 2.75) is 58.0 Å².